The van der Waals surface area contributed by atoms with E-state index in [1.54, 1.807) is 24.3 Å². The molecule has 3 aromatic rings. The number of nitrogens with one attached hydrogen (secondary N) is 1. The molecule has 5 rings (SSSR count). The Kier molecular flexibility index (Phi) is 8.64. The van der Waals surface area contributed by atoms with Crippen LogP contribution >= 0.6 is 11.8 Å². The maximum atomic E-state index is 13.0. The molecule has 0 atom stereocenters. The topological polar surface area (TPSA) is 153 Å². The molecule has 14 heteroatoms. The number of carbonyl (C=O) groups is 3. The minimum absolute atomic E-state index is 0.124. The van der Waals surface area contributed by atoms with Crippen molar-refractivity contribution in [2.45, 2.75) is 0 Å². The zero-order chi connectivity index (χ0) is 29.6. The van der Waals surface area contributed by atoms with Crippen LogP contribution in [-0.2, 0) is 14.3 Å². The highest BCUT2D eigenvalue weighted by molar-refractivity contribution is 8.18. The Bertz CT molecular complexity index is 1560. The van der Waals surface area contributed by atoms with Gasteiger partial charge >= 0.3 is 5.69 Å². The van der Waals surface area contributed by atoms with E-state index in [9.17, 15) is 24.5 Å². The molecule has 216 valence electrons. The van der Waals surface area contributed by atoms with Crippen molar-refractivity contribution in [3.05, 3.63) is 81.4 Å². The number of rotatable bonds is 9. The zero-order valence-electron chi connectivity index (χ0n) is 22.3. The predicted molar refractivity (Wildman–Crippen MR) is 155 cm³/mol. The molecule has 3 heterocycles. The van der Waals surface area contributed by atoms with Crippen LogP contribution in [0.4, 0.5) is 21.9 Å². The van der Waals surface area contributed by atoms with E-state index in [1.165, 1.54) is 37.6 Å². The Hall–Kier alpha value is -4.95. The molecule has 0 spiro atoms. The summed E-state index contributed by atoms with van der Waals surface area (Å²) in [7, 11) is 1.39. The van der Waals surface area contributed by atoms with Crippen molar-refractivity contribution in [3.8, 4) is 17.4 Å². The summed E-state index contributed by atoms with van der Waals surface area (Å²) in [4.78, 5) is 56.0. The van der Waals surface area contributed by atoms with E-state index < -0.39 is 28.5 Å². The number of morpholine rings is 1. The third kappa shape index (κ3) is 6.50. The number of hydrogen-bond acceptors (Lipinski definition) is 11. The number of thioether (sulfide) groups is 1. The first-order valence-corrected chi connectivity index (χ1v) is 13.6. The van der Waals surface area contributed by atoms with E-state index in [2.05, 4.69) is 15.2 Å². The number of aromatic nitrogens is 1. The number of carbonyl (C=O) groups excluding carboxylic acids is 3. The summed E-state index contributed by atoms with van der Waals surface area (Å²) in [5.41, 5.74) is 1.75. The minimum Gasteiger partial charge on any atom is -0.493 e. The number of nitro groups is 1. The highest BCUT2D eigenvalue weighted by atomic mass is 32.2. The Morgan fingerprint density at radius 3 is 2.62 bits per heavy atom. The number of imide groups is 1. The molecular weight excluding hydrogens is 566 g/mol. The normalized spacial score (nSPS) is 16.1. The summed E-state index contributed by atoms with van der Waals surface area (Å²) < 4.78 is 16.3. The quantitative estimate of drug-likeness (QED) is 0.215. The van der Waals surface area contributed by atoms with Crippen molar-refractivity contribution in [1.29, 1.82) is 0 Å². The summed E-state index contributed by atoms with van der Waals surface area (Å²) in [6.45, 7) is 2.47. The fourth-order valence-corrected chi connectivity index (χ4v) is 5.11. The molecule has 3 amide bonds. The first-order valence-electron chi connectivity index (χ1n) is 12.8. The fourth-order valence-electron chi connectivity index (χ4n) is 4.27. The van der Waals surface area contributed by atoms with Crippen molar-refractivity contribution in [3.63, 3.8) is 0 Å². The number of methoxy groups -OCH3 is 1. The van der Waals surface area contributed by atoms with E-state index in [0.717, 1.165) is 23.7 Å². The van der Waals surface area contributed by atoms with Gasteiger partial charge in [0, 0.05) is 36.7 Å². The van der Waals surface area contributed by atoms with Gasteiger partial charge in [-0.15, -0.1) is 0 Å². The molecule has 13 nitrogen and oxygen atoms in total. The number of anilines is 2. The summed E-state index contributed by atoms with van der Waals surface area (Å²) in [6.07, 6.45) is 2.85. The van der Waals surface area contributed by atoms with Crippen molar-refractivity contribution in [1.82, 2.24) is 9.88 Å². The lowest BCUT2D eigenvalue weighted by atomic mass is 10.2. The van der Waals surface area contributed by atoms with Crippen LogP contribution in [0.2, 0.25) is 0 Å². The Balaban J connectivity index is 1.23. The van der Waals surface area contributed by atoms with Crippen molar-refractivity contribution in [2.75, 3.05) is 50.2 Å². The molecule has 1 aromatic heterocycles. The second-order valence-electron chi connectivity index (χ2n) is 9.06. The highest BCUT2D eigenvalue weighted by Gasteiger charge is 2.36. The van der Waals surface area contributed by atoms with E-state index in [1.807, 2.05) is 12.1 Å². The molecule has 2 fully saturated rings. The average Bonchev–Trinajstić information content (AvgIpc) is 3.26. The SMILES string of the molecule is COc1cc(/C=C2\SC(=O)N(CC(=O)Nc3ccc(N4CCOCC4)cc3)C2=O)ccc1Oc1ncccc1[N+](=O)[O-]. The molecule has 0 bridgehead atoms. The average molecular weight is 592 g/mol. The van der Waals surface area contributed by atoms with Gasteiger partial charge in [-0.3, -0.25) is 29.4 Å². The van der Waals surface area contributed by atoms with E-state index in [4.69, 9.17) is 14.2 Å². The minimum atomic E-state index is -0.609. The first kappa shape index (κ1) is 28.6. The molecule has 2 aliphatic rings. The van der Waals surface area contributed by atoms with Crippen LogP contribution in [0, 0.1) is 10.1 Å². The molecular formula is C28H25N5O8S. The van der Waals surface area contributed by atoms with Crippen LogP contribution in [0.5, 0.6) is 17.4 Å². The van der Waals surface area contributed by atoms with E-state index in [0.29, 0.717) is 36.2 Å². The maximum Gasteiger partial charge on any atom is 0.331 e. The lowest BCUT2D eigenvalue weighted by Crippen LogP contribution is -2.36. The number of benzene rings is 2. The Morgan fingerprint density at radius 1 is 1.14 bits per heavy atom. The number of hydrogen-bond donors (Lipinski definition) is 1. The lowest BCUT2D eigenvalue weighted by molar-refractivity contribution is -0.386. The van der Waals surface area contributed by atoms with Gasteiger partial charge in [-0.2, -0.15) is 0 Å². The van der Waals surface area contributed by atoms with Gasteiger partial charge in [0.25, 0.3) is 17.0 Å². The van der Waals surface area contributed by atoms with Crippen molar-refractivity contribution in [2.24, 2.45) is 0 Å². The highest BCUT2D eigenvalue weighted by Crippen LogP contribution is 2.37. The van der Waals surface area contributed by atoms with Gasteiger partial charge in [-0.1, -0.05) is 6.07 Å². The van der Waals surface area contributed by atoms with E-state index in [-0.39, 0.29) is 28.0 Å². The third-order valence-electron chi connectivity index (χ3n) is 6.34. The van der Waals surface area contributed by atoms with Crippen LogP contribution < -0.4 is 19.7 Å². The summed E-state index contributed by atoms with van der Waals surface area (Å²) in [6, 6.07) is 14.7. The number of amides is 3. The van der Waals surface area contributed by atoms with Crippen LogP contribution in [0.3, 0.4) is 0 Å². The van der Waals surface area contributed by atoms with Gasteiger partial charge in [0.15, 0.2) is 11.5 Å². The van der Waals surface area contributed by atoms with E-state index >= 15 is 0 Å². The third-order valence-corrected chi connectivity index (χ3v) is 7.25. The van der Waals surface area contributed by atoms with Gasteiger partial charge in [-0.05, 0) is 65.9 Å². The second kappa shape index (κ2) is 12.7. The number of nitrogens with zero attached hydrogens (tertiary/aromatic N) is 4. The largest absolute Gasteiger partial charge is 0.493 e. The van der Waals surface area contributed by atoms with Crippen LogP contribution in [-0.4, -0.2) is 71.8 Å². The van der Waals surface area contributed by atoms with Crippen molar-refractivity contribution >= 4 is 52.0 Å². The lowest BCUT2D eigenvalue weighted by Gasteiger charge is -2.28. The molecule has 2 saturated heterocycles. The van der Waals surface area contributed by atoms with Gasteiger partial charge < -0.3 is 24.4 Å². The first-order chi connectivity index (χ1) is 20.3. The molecule has 42 heavy (non-hydrogen) atoms. The van der Waals surface area contributed by atoms with Gasteiger partial charge in [-0.25, -0.2) is 4.98 Å². The van der Waals surface area contributed by atoms with Crippen LogP contribution in [0.1, 0.15) is 5.56 Å². The predicted octanol–water partition coefficient (Wildman–Crippen LogP) is 4.30. The van der Waals surface area contributed by atoms with Gasteiger partial charge in [0.2, 0.25) is 5.91 Å². The van der Waals surface area contributed by atoms with Crippen LogP contribution in [0.15, 0.2) is 65.7 Å². The second-order valence-corrected chi connectivity index (χ2v) is 10.1. The smallest absolute Gasteiger partial charge is 0.331 e. The molecule has 0 saturated carbocycles. The molecule has 0 aliphatic carbocycles. The van der Waals surface area contributed by atoms with Crippen molar-refractivity contribution < 1.29 is 33.5 Å². The molecule has 2 aliphatic heterocycles. The Labute approximate surface area is 244 Å². The van der Waals surface area contributed by atoms with Gasteiger partial charge in [0.1, 0.15) is 6.54 Å². The zero-order valence-corrected chi connectivity index (χ0v) is 23.2. The standard InChI is InChI=1S/C28H25N5O8S/c1-39-23-15-18(4-9-22(23)41-26-21(33(37)38)3-2-10-29-26)16-24-27(35)32(28(36)42-24)17-25(34)30-19-5-7-20(8-6-19)31-11-13-40-14-12-31/h2-10,15-16H,11-14,17H2,1H3,(H,30,34)/b24-16-. The monoisotopic (exact) mass is 591 g/mol. The maximum absolute atomic E-state index is 13.0. The summed E-state index contributed by atoms with van der Waals surface area (Å²) in [5, 5.41) is 13.4. The molecule has 1 N–H and O–H groups in total. The fraction of sp³-hybridized carbons (Fsp3) is 0.214. The molecule has 0 unspecified atom stereocenters. The van der Waals surface area contributed by atoms with Gasteiger partial charge in [0.05, 0.1) is 30.2 Å². The molecule has 2 aromatic carbocycles. The summed E-state index contributed by atoms with van der Waals surface area (Å²) >= 11 is 0.714. The summed E-state index contributed by atoms with van der Waals surface area (Å²) in [5.74, 6) is -0.933. The Morgan fingerprint density at radius 2 is 1.90 bits per heavy atom. The number of ether oxygens (including phenoxy) is 3. The van der Waals surface area contributed by atoms with Crippen LogP contribution in [0.25, 0.3) is 6.08 Å². The molecule has 0 radical (unpaired) electrons. The number of pyridine rings is 1.